The van der Waals surface area contributed by atoms with E-state index in [4.69, 9.17) is 0 Å². The predicted octanol–water partition coefficient (Wildman–Crippen LogP) is 4.56. The second kappa shape index (κ2) is 6.43. The lowest BCUT2D eigenvalue weighted by molar-refractivity contribution is -0.141. The van der Waals surface area contributed by atoms with E-state index >= 15 is 0 Å². The van der Waals surface area contributed by atoms with E-state index in [-0.39, 0.29) is 11.8 Å². The highest BCUT2D eigenvalue weighted by atomic mass is 16.4. The molecule has 0 saturated heterocycles. The molecule has 0 radical (unpaired) electrons. The van der Waals surface area contributed by atoms with Gasteiger partial charge >= 0.3 is 5.97 Å². The summed E-state index contributed by atoms with van der Waals surface area (Å²) in [4.78, 5) is 11.9. The number of rotatable bonds is 4. The molecule has 0 aliphatic heterocycles. The maximum Gasteiger partial charge on any atom is 0.311 e. The molecule has 2 nitrogen and oxygen atoms in total. The zero-order chi connectivity index (χ0) is 14.7. The van der Waals surface area contributed by atoms with Crippen LogP contribution in [-0.4, -0.2) is 11.1 Å². The van der Waals surface area contributed by atoms with Gasteiger partial charge in [0.2, 0.25) is 0 Å². The Hall–Kier alpha value is -1.31. The van der Waals surface area contributed by atoms with E-state index in [2.05, 4.69) is 20.8 Å². The van der Waals surface area contributed by atoms with Gasteiger partial charge in [0.25, 0.3) is 0 Å². The Morgan fingerprint density at radius 3 is 2.35 bits per heavy atom. The standard InChI is InChI=1S/C18H26O2/c1-12(2)15-10-9-13(3)11-16(15)17(18(19)20)14-7-5-4-6-8-14/h4-8,12-13,15-17H,9-11H2,1-3H3,(H,19,20). The molecule has 0 amide bonds. The van der Waals surface area contributed by atoms with Gasteiger partial charge in [0.05, 0.1) is 5.92 Å². The Morgan fingerprint density at radius 1 is 1.15 bits per heavy atom. The van der Waals surface area contributed by atoms with Gasteiger partial charge in [-0.1, -0.05) is 57.5 Å². The first-order chi connectivity index (χ1) is 9.50. The summed E-state index contributed by atoms with van der Waals surface area (Å²) in [6, 6.07) is 9.78. The SMILES string of the molecule is CC1CCC(C(C)C)C(C(C(=O)O)c2ccccc2)C1. The highest BCUT2D eigenvalue weighted by Gasteiger charge is 2.39. The number of aliphatic carboxylic acids is 1. The summed E-state index contributed by atoms with van der Waals surface area (Å²) in [5.41, 5.74) is 0.963. The number of hydrogen-bond donors (Lipinski definition) is 1. The largest absolute Gasteiger partial charge is 0.481 e. The summed E-state index contributed by atoms with van der Waals surface area (Å²) in [5, 5.41) is 9.76. The first-order valence-electron chi connectivity index (χ1n) is 7.78. The lowest BCUT2D eigenvalue weighted by Gasteiger charge is -2.40. The Kier molecular flexibility index (Phi) is 4.85. The molecule has 0 bridgehead atoms. The van der Waals surface area contributed by atoms with Gasteiger partial charge < -0.3 is 5.11 Å². The average molecular weight is 274 g/mol. The minimum atomic E-state index is -0.666. The molecule has 1 N–H and O–H groups in total. The van der Waals surface area contributed by atoms with Gasteiger partial charge in [0.1, 0.15) is 0 Å². The summed E-state index contributed by atoms with van der Waals surface area (Å²) in [6.45, 7) is 6.72. The van der Waals surface area contributed by atoms with Crippen LogP contribution in [0.3, 0.4) is 0 Å². The van der Waals surface area contributed by atoms with Crippen LogP contribution in [0.1, 0.15) is 51.5 Å². The van der Waals surface area contributed by atoms with Crippen molar-refractivity contribution in [3.05, 3.63) is 35.9 Å². The topological polar surface area (TPSA) is 37.3 Å². The summed E-state index contributed by atoms with van der Waals surface area (Å²) in [7, 11) is 0. The van der Waals surface area contributed by atoms with Crippen molar-refractivity contribution < 1.29 is 9.90 Å². The fourth-order valence-corrected chi connectivity index (χ4v) is 3.89. The number of carboxylic acids is 1. The third-order valence-electron chi connectivity index (χ3n) is 4.93. The highest BCUT2D eigenvalue weighted by molar-refractivity contribution is 5.76. The van der Waals surface area contributed by atoms with Crippen molar-refractivity contribution in [1.29, 1.82) is 0 Å². The van der Waals surface area contributed by atoms with E-state index < -0.39 is 5.97 Å². The summed E-state index contributed by atoms with van der Waals surface area (Å²) in [6.07, 6.45) is 3.44. The maximum absolute atomic E-state index is 11.9. The van der Waals surface area contributed by atoms with E-state index in [9.17, 15) is 9.90 Å². The van der Waals surface area contributed by atoms with Gasteiger partial charge in [-0.15, -0.1) is 0 Å². The summed E-state index contributed by atoms with van der Waals surface area (Å²) in [5.74, 6) is 0.956. The molecule has 4 unspecified atom stereocenters. The normalized spacial score (nSPS) is 28.3. The summed E-state index contributed by atoms with van der Waals surface area (Å²) >= 11 is 0. The fraction of sp³-hybridized carbons (Fsp3) is 0.611. The van der Waals surface area contributed by atoms with E-state index in [1.54, 1.807) is 0 Å². The Balaban J connectivity index is 2.33. The Morgan fingerprint density at radius 2 is 1.80 bits per heavy atom. The van der Waals surface area contributed by atoms with Crippen molar-refractivity contribution in [1.82, 2.24) is 0 Å². The zero-order valence-electron chi connectivity index (χ0n) is 12.8. The molecule has 20 heavy (non-hydrogen) atoms. The van der Waals surface area contributed by atoms with Gasteiger partial charge in [0.15, 0.2) is 0 Å². The molecular formula is C18H26O2. The van der Waals surface area contributed by atoms with Crippen LogP contribution < -0.4 is 0 Å². The molecular weight excluding hydrogens is 248 g/mol. The van der Waals surface area contributed by atoms with Crippen molar-refractivity contribution in [2.24, 2.45) is 23.7 Å². The third kappa shape index (κ3) is 3.23. The number of benzene rings is 1. The molecule has 1 aromatic rings. The molecule has 0 heterocycles. The van der Waals surface area contributed by atoms with Crippen molar-refractivity contribution in [3.63, 3.8) is 0 Å². The molecule has 4 atom stereocenters. The Bertz CT molecular complexity index is 438. The van der Waals surface area contributed by atoms with E-state index in [1.165, 1.54) is 12.8 Å². The van der Waals surface area contributed by atoms with Gasteiger partial charge in [-0.05, 0) is 42.1 Å². The van der Waals surface area contributed by atoms with E-state index in [1.807, 2.05) is 30.3 Å². The van der Waals surface area contributed by atoms with Gasteiger partial charge in [-0.25, -0.2) is 0 Å². The van der Waals surface area contributed by atoms with Gasteiger partial charge in [-0.3, -0.25) is 4.79 Å². The lowest BCUT2D eigenvalue weighted by Crippen LogP contribution is -2.35. The van der Waals surface area contributed by atoms with Crippen LogP contribution >= 0.6 is 0 Å². The second-order valence-electron chi connectivity index (χ2n) is 6.72. The molecule has 1 aliphatic rings. The van der Waals surface area contributed by atoms with Crippen LogP contribution in [0, 0.1) is 23.7 Å². The quantitative estimate of drug-likeness (QED) is 0.873. The molecule has 110 valence electrons. The zero-order valence-corrected chi connectivity index (χ0v) is 12.8. The predicted molar refractivity (Wildman–Crippen MR) is 81.7 cm³/mol. The molecule has 1 fully saturated rings. The first kappa shape index (κ1) is 15.1. The molecule has 1 aromatic carbocycles. The molecule has 2 heteroatoms. The minimum absolute atomic E-state index is 0.263. The number of carboxylic acid groups (broad SMARTS) is 1. The van der Waals surface area contributed by atoms with Crippen LogP contribution in [0.4, 0.5) is 0 Å². The molecule has 1 aliphatic carbocycles. The van der Waals surface area contributed by atoms with Gasteiger partial charge in [0, 0.05) is 0 Å². The average Bonchev–Trinajstić information content (AvgIpc) is 2.39. The highest BCUT2D eigenvalue weighted by Crippen LogP contribution is 2.45. The molecule has 0 spiro atoms. The molecule has 2 rings (SSSR count). The van der Waals surface area contributed by atoms with Crippen molar-refractivity contribution in [2.45, 2.75) is 46.0 Å². The number of hydrogen-bond acceptors (Lipinski definition) is 1. The molecule has 1 saturated carbocycles. The van der Waals surface area contributed by atoms with Crippen LogP contribution in [-0.2, 0) is 4.79 Å². The summed E-state index contributed by atoms with van der Waals surface area (Å²) < 4.78 is 0. The van der Waals surface area contributed by atoms with Crippen LogP contribution in [0.5, 0.6) is 0 Å². The van der Waals surface area contributed by atoms with Crippen LogP contribution in [0.2, 0.25) is 0 Å². The lowest BCUT2D eigenvalue weighted by atomic mass is 9.64. The van der Waals surface area contributed by atoms with E-state index in [0.29, 0.717) is 17.8 Å². The second-order valence-corrected chi connectivity index (χ2v) is 6.72. The van der Waals surface area contributed by atoms with Crippen molar-refractivity contribution in [3.8, 4) is 0 Å². The van der Waals surface area contributed by atoms with Crippen molar-refractivity contribution in [2.75, 3.05) is 0 Å². The third-order valence-corrected chi connectivity index (χ3v) is 4.93. The number of carbonyl (C=O) groups is 1. The van der Waals surface area contributed by atoms with Crippen molar-refractivity contribution >= 4 is 5.97 Å². The van der Waals surface area contributed by atoms with Gasteiger partial charge in [-0.2, -0.15) is 0 Å². The first-order valence-corrected chi connectivity index (χ1v) is 7.78. The fourth-order valence-electron chi connectivity index (χ4n) is 3.89. The van der Waals surface area contributed by atoms with Crippen LogP contribution in [0.25, 0.3) is 0 Å². The van der Waals surface area contributed by atoms with Crippen LogP contribution in [0.15, 0.2) is 30.3 Å². The molecule has 0 aromatic heterocycles. The van der Waals surface area contributed by atoms with E-state index in [0.717, 1.165) is 12.0 Å². The Labute approximate surface area is 122 Å². The minimum Gasteiger partial charge on any atom is -0.481 e. The monoisotopic (exact) mass is 274 g/mol. The maximum atomic E-state index is 11.9. The smallest absolute Gasteiger partial charge is 0.311 e.